The molecule has 0 aromatic heterocycles. The number of carbonyl (C=O) groups excluding carboxylic acids is 2. The van der Waals surface area contributed by atoms with Gasteiger partial charge >= 0.3 is 0 Å². The molecule has 2 amide bonds. The van der Waals surface area contributed by atoms with Crippen LogP contribution in [0.4, 0.5) is 4.39 Å². The van der Waals surface area contributed by atoms with E-state index in [0.717, 1.165) is 5.56 Å². The number of hydrogen-bond donors (Lipinski definition) is 1. The van der Waals surface area contributed by atoms with E-state index in [9.17, 15) is 14.0 Å². The highest BCUT2D eigenvalue weighted by Gasteiger charge is 2.27. The van der Waals surface area contributed by atoms with Crippen molar-refractivity contribution in [2.75, 3.05) is 13.2 Å². The number of ether oxygens (including phenoxy) is 1. The second-order valence-electron chi connectivity index (χ2n) is 7.63. The molecule has 2 aromatic carbocycles. The molecule has 1 N–H and O–H groups in total. The van der Waals surface area contributed by atoms with Crippen LogP contribution in [0, 0.1) is 18.7 Å². The zero-order chi connectivity index (χ0) is 22.3. The van der Waals surface area contributed by atoms with Gasteiger partial charge < -0.3 is 15.0 Å². The molecule has 1 unspecified atom stereocenters. The van der Waals surface area contributed by atoms with Crippen molar-refractivity contribution < 1.29 is 18.7 Å². The van der Waals surface area contributed by atoms with Crippen LogP contribution in [0.5, 0.6) is 5.75 Å². The van der Waals surface area contributed by atoms with Gasteiger partial charge in [-0.2, -0.15) is 0 Å². The number of carbonyl (C=O) groups is 2. The largest absolute Gasteiger partial charge is 0.484 e. The highest BCUT2D eigenvalue weighted by molar-refractivity contribution is 6.31. The summed E-state index contributed by atoms with van der Waals surface area (Å²) < 4.78 is 19.8. The Morgan fingerprint density at radius 3 is 2.50 bits per heavy atom. The molecule has 0 spiro atoms. The van der Waals surface area contributed by atoms with E-state index in [0.29, 0.717) is 22.9 Å². The van der Waals surface area contributed by atoms with Crippen molar-refractivity contribution >= 4 is 23.4 Å². The van der Waals surface area contributed by atoms with Crippen LogP contribution in [0.25, 0.3) is 0 Å². The highest BCUT2D eigenvalue weighted by atomic mass is 35.5. The summed E-state index contributed by atoms with van der Waals surface area (Å²) in [6, 6.07) is 10.5. The van der Waals surface area contributed by atoms with Gasteiger partial charge in [0, 0.05) is 23.7 Å². The molecular formula is C23H28ClFN2O3. The summed E-state index contributed by atoms with van der Waals surface area (Å²) in [5.74, 6) is -0.380. The van der Waals surface area contributed by atoms with Crippen molar-refractivity contribution in [1.29, 1.82) is 0 Å². The van der Waals surface area contributed by atoms with Gasteiger partial charge in [0.05, 0.1) is 0 Å². The van der Waals surface area contributed by atoms with E-state index < -0.39 is 17.8 Å². The monoisotopic (exact) mass is 434 g/mol. The molecule has 0 bridgehead atoms. The van der Waals surface area contributed by atoms with Gasteiger partial charge in [-0.1, -0.05) is 43.6 Å². The molecule has 162 valence electrons. The lowest BCUT2D eigenvalue weighted by atomic mass is 10.1. The molecule has 0 aliphatic heterocycles. The highest BCUT2D eigenvalue weighted by Crippen LogP contribution is 2.21. The Morgan fingerprint density at radius 1 is 1.17 bits per heavy atom. The molecule has 0 saturated heterocycles. The van der Waals surface area contributed by atoms with Crippen LogP contribution in [0.2, 0.25) is 5.02 Å². The zero-order valence-electron chi connectivity index (χ0n) is 17.7. The molecular weight excluding hydrogens is 407 g/mol. The fourth-order valence-corrected chi connectivity index (χ4v) is 2.90. The Morgan fingerprint density at radius 2 is 1.87 bits per heavy atom. The topological polar surface area (TPSA) is 58.6 Å². The molecule has 2 aromatic rings. The molecule has 0 saturated carbocycles. The van der Waals surface area contributed by atoms with E-state index in [1.165, 1.54) is 11.0 Å². The third-order valence-electron chi connectivity index (χ3n) is 4.64. The summed E-state index contributed by atoms with van der Waals surface area (Å²) in [5, 5.41) is 3.43. The Kier molecular flexibility index (Phi) is 8.66. The Hall–Kier alpha value is -2.60. The molecule has 0 radical (unpaired) electrons. The number of amides is 2. The number of nitrogens with one attached hydrogen (secondary N) is 1. The first-order valence-electron chi connectivity index (χ1n) is 9.88. The number of halogens is 2. The van der Waals surface area contributed by atoms with Gasteiger partial charge in [-0.15, -0.1) is 0 Å². The molecule has 2 rings (SSSR count). The fraction of sp³-hybridized carbons (Fsp3) is 0.391. The summed E-state index contributed by atoms with van der Waals surface area (Å²) in [5.41, 5.74) is 1.16. The summed E-state index contributed by atoms with van der Waals surface area (Å²) in [7, 11) is 0. The molecule has 5 nitrogen and oxygen atoms in total. The minimum absolute atomic E-state index is 0.0369. The van der Waals surface area contributed by atoms with E-state index in [2.05, 4.69) is 5.32 Å². The molecule has 7 heteroatoms. The van der Waals surface area contributed by atoms with Crippen molar-refractivity contribution in [2.24, 2.45) is 5.92 Å². The lowest BCUT2D eigenvalue weighted by Crippen LogP contribution is -2.49. The Labute approximate surface area is 182 Å². The number of rotatable bonds is 9. The number of nitrogens with zero attached hydrogens (tertiary/aromatic N) is 1. The van der Waals surface area contributed by atoms with Gasteiger partial charge in [0.2, 0.25) is 5.91 Å². The fourth-order valence-electron chi connectivity index (χ4n) is 2.78. The smallest absolute Gasteiger partial charge is 0.261 e. The molecule has 0 aliphatic carbocycles. The van der Waals surface area contributed by atoms with Crippen LogP contribution in [0.1, 0.15) is 31.9 Å². The zero-order valence-corrected chi connectivity index (χ0v) is 18.5. The molecule has 1 atom stereocenters. The second-order valence-corrected chi connectivity index (χ2v) is 8.03. The quantitative estimate of drug-likeness (QED) is 0.638. The van der Waals surface area contributed by atoms with E-state index in [4.69, 9.17) is 16.3 Å². The van der Waals surface area contributed by atoms with Crippen LogP contribution in [0.3, 0.4) is 0 Å². The Balaban J connectivity index is 2.16. The lowest BCUT2D eigenvalue weighted by molar-refractivity contribution is -0.142. The van der Waals surface area contributed by atoms with Crippen LogP contribution < -0.4 is 10.1 Å². The Bertz CT molecular complexity index is 889. The predicted molar refractivity (Wildman–Crippen MR) is 116 cm³/mol. The number of benzene rings is 2. The third kappa shape index (κ3) is 6.73. The van der Waals surface area contributed by atoms with Crippen molar-refractivity contribution in [1.82, 2.24) is 10.2 Å². The molecule has 0 aliphatic rings. The van der Waals surface area contributed by atoms with Gasteiger partial charge in [-0.25, -0.2) is 4.39 Å². The van der Waals surface area contributed by atoms with Crippen molar-refractivity contribution in [2.45, 2.75) is 40.3 Å². The first-order chi connectivity index (χ1) is 14.2. The molecule has 30 heavy (non-hydrogen) atoms. The standard InChI is InChI=1S/C23H28ClFN2O3/c1-15(2)12-26-23(29)17(4)27(13-18-7-5-6-8-21(18)25)22(28)14-30-19-9-10-20(24)16(3)11-19/h5-11,15,17H,12-14H2,1-4H3,(H,26,29). The normalized spacial score (nSPS) is 11.8. The number of aryl methyl sites for hydroxylation is 1. The summed E-state index contributed by atoms with van der Waals surface area (Å²) in [6.45, 7) is 7.60. The molecule has 0 fully saturated rings. The van der Waals surface area contributed by atoms with Crippen LogP contribution in [-0.2, 0) is 16.1 Å². The first-order valence-corrected chi connectivity index (χ1v) is 10.3. The van der Waals surface area contributed by atoms with Crippen LogP contribution in [-0.4, -0.2) is 35.9 Å². The van der Waals surface area contributed by atoms with Crippen LogP contribution >= 0.6 is 11.6 Å². The van der Waals surface area contributed by atoms with Crippen LogP contribution in [0.15, 0.2) is 42.5 Å². The predicted octanol–water partition coefficient (Wildman–Crippen LogP) is 4.36. The summed E-state index contributed by atoms with van der Waals surface area (Å²) in [6.07, 6.45) is 0. The van der Waals surface area contributed by atoms with E-state index in [-0.39, 0.29) is 25.0 Å². The minimum atomic E-state index is -0.786. The van der Waals surface area contributed by atoms with Gasteiger partial charge in [0.1, 0.15) is 17.6 Å². The summed E-state index contributed by atoms with van der Waals surface area (Å²) in [4.78, 5) is 26.8. The number of hydrogen-bond acceptors (Lipinski definition) is 3. The van der Waals surface area contributed by atoms with E-state index >= 15 is 0 Å². The maximum atomic E-state index is 14.2. The first kappa shape index (κ1) is 23.7. The van der Waals surface area contributed by atoms with Gasteiger partial charge in [-0.05, 0) is 49.6 Å². The maximum Gasteiger partial charge on any atom is 0.261 e. The van der Waals surface area contributed by atoms with Gasteiger partial charge in [-0.3, -0.25) is 9.59 Å². The minimum Gasteiger partial charge on any atom is -0.484 e. The maximum absolute atomic E-state index is 14.2. The van der Waals surface area contributed by atoms with Gasteiger partial charge in [0.25, 0.3) is 5.91 Å². The third-order valence-corrected chi connectivity index (χ3v) is 5.07. The second kappa shape index (κ2) is 11.0. The van der Waals surface area contributed by atoms with E-state index in [1.807, 2.05) is 20.8 Å². The summed E-state index contributed by atoms with van der Waals surface area (Å²) >= 11 is 6.02. The van der Waals surface area contributed by atoms with Crippen molar-refractivity contribution in [3.05, 3.63) is 64.4 Å². The average molecular weight is 435 g/mol. The van der Waals surface area contributed by atoms with Crippen molar-refractivity contribution in [3.8, 4) is 5.75 Å². The lowest BCUT2D eigenvalue weighted by Gasteiger charge is -2.29. The van der Waals surface area contributed by atoms with Gasteiger partial charge in [0.15, 0.2) is 6.61 Å². The SMILES string of the molecule is Cc1cc(OCC(=O)N(Cc2ccccc2F)C(C)C(=O)NCC(C)C)ccc1Cl. The molecule has 0 heterocycles. The van der Waals surface area contributed by atoms with E-state index in [1.54, 1.807) is 43.3 Å². The average Bonchev–Trinajstić information content (AvgIpc) is 2.71. The van der Waals surface area contributed by atoms with Crippen molar-refractivity contribution in [3.63, 3.8) is 0 Å².